The van der Waals surface area contributed by atoms with Crippen LogP contribution in [0.3, 0.4) is 0 Å². The standard InChI is InChI=1S/C24H33N3O3/c1-16(2)8-9-21(28)26-12-10-19(11-13-26)24(3)22(29)27(23(30)25-24)20-14-17-6-4-5-7-18(17)15-20/h4-7,16,19-20H,8-15H2,1-3H3,(H,25,30). The predicted molar refractivity (Wildman–Crippen MR) is 115 cm³/mol. The van der Waals surface area contributed by atoms with E-state index in [1.54, 1.807) is 0 Å². The van der Waals surface area contributed by atoms with Gasteiger partial charge in [-0.15, -0.1) is 0 Å². The molecule has 4 rings (SSSR count). The number of likely N-dealkylation sites (tertiary alicyclic amines) is 1. The number of carbonyl (C=O) groups excluding carboxylic acids is 3. The number of piperidine rings is 1. The molecule has 162 valence electrons. The highest BCUT2D eigenvalue weighted by Gasteiger charge is 2.55. The maximum Gasteiger partial charge on any atom is 0.325 e. The van der Waals surface area contributed by atoms with E-state index in [1.165, 1.54) is 16.0 Å². The molecule has 1 N–H and O–H groups in total. The van der Waals surface area contributed by atoms with E-state index in [0.717, 1.165) is 32.1 Å². The number of benzene rings is 1. The van der Waals surface area contributed by atoms with Crippen LogP contribution in [0.4, 0.5) is 4.79 Å². The highest BCUT2D eigenvalue weighted by molar-refractivity contribution is 6.07. The van der Waals surface area contributed by atoms with Gasteiger partial charge in [-0.2, -0.15) is 0 Å². The molecule has 0 bridgehead atoms. The van der Waals surface area contributed by atoms with Crippen LogP contribution >= 0.6 is 0 Å². The average Bonchev–Trinajstić information content (AvgIpc) is 3.24. The van der Waals surface area contributed by atoms with Crippen molar-refractivity contribution in [3.05, 3.63) is 35.4 Å². The van der Waals surface area contributed by atoms with E-state index >= 15 is 0 Å². The van der Waals surface area contributed by atoms with Crippen molar-refractivity contribution in [2.45, 2.75) is 70.9 Å². The Morgan fingerprint density at radius 2 is 1.73 bits per heavy atom. The Labute approximate surface area is 179 Å². The maximum absolute atomic E-state index is 13.4. The second kappa shape index (κ2) is 8.05. The Morgan fingerprint density at radius 3 is 2.30 bits per heavy atom. The molecule has 2 fully saturated rings. The van der Waals surface area contributed by atoms with Gasteiger partial charge in [0, 0.05) is 25.6 Å². The van der Waals surface area contributed by atoms with Gasteiger partial charge in [0.1, 0.15) is 5.54 Å². The third-order valence-electron chi connectivity index (χ3n) is 7.24. The summed E-state index contributed by atoms with van der Waals surface area (Å²) in [7, 11) is 0. The van der Waals surface area contributed by atoms with Crippen molar-refractivity contribution < 1.29 is 14.4 Å². The number of hydrogen-bond acceptors (Lipinski definition) is 3. The molecule has 1 aliphatic carbocycles. The van der Waals surface area contributed by atoms with Gasteiger partial charge in [0.25, 0.3) is 5.91 Å². The molecule has 2 aliphatic heterocycles. The van der Waals surface area contributed by atoms with Crippen LogP contribution in [0.15, 0.2) is 24.3 Å². The maximum atomic E-state index is 13.4. The van der Waals surface area contributed by atoms with Crippen LogP contribution in [0.5, 0.6) is 0 Å². The van der Waals surface area contributed by atoms with Crippen LogP contribution in [0, 0.1) is 11.8 Å². The highest BCUT2D eigenvalue weighted by Crippen LogP contribution is 2.36. The van der Waals surface area contributed by atoms with Crippen molar-refractivity contribution in [2.24, 2.45) is 11.8 Å². The van der Waals surface area contributed by atoms with Gasteiger partial charge in [-0.05, 0) is 62.0 Å². The number of carbonyl (C=O) groups is 3. The third kappa shape index (κ3) is 3.72. The number of imide groups is 1. The summed E-state index contributed by atoms with van der Waals surface area (Å²) in [6.45, 7) is 7.45. The van der Waals surface area contributed by atoms with Gasteiger partial charge < -0.3 is 10.2 Å². The quantitative estimate of drug-likeness (QED) is 0.757. The molecule has 1 unspecified atom stereocenters. The van der Waals surface area contributed by atoms with E-state index in [0.29, 0.717) is 25.4 Å². The first-order chi connectivity index (χ1) is 14.3. The Bertz CT molecular complexity index is 819. The number of fused-ring (bicyclic) bond motifs is 1. The van der Waals surface area contributed by atoms with Gasteiger partial charge in [0.2, 0.25) is 5.91 Å². The van der Waals surface area contributed by atoms with Crippen LogP contribution < -0.4 is 5.32 Å². The predicted octanol–water partition coefficient (Wildman–Crippen LogP) is 3.14. The van der Waals surface area contributed by atoms with Crippen molar-refractivity contribution in [3.63, 3.8) is 0 Å². The number of urea groups is 1. The molecule has 2 saturated heterocycles. The lowest BCUT2D eigenvalue weighted by Gasteiger charge is -2.39. The smallest absolute Gasteiger partial charge is 0.325 e. The molecule has 4 amide bonds. The highest BCUT2D eigenvalue weighted by atomic mass is 16.2. The Morgan fingerprint density at radius 1 is 1.13 bits per heavy atom. The van der Waals surface area contributed by atoms with Crippen molar-refractivity contribution in [1.29, 1.82) is 0 Å². The summed E-state index contributed by atoms with van der Waals surface area (Å²) < 4.78 is 0. The largest absolute Gasteiger partial charge is 0.343 e. The van der Waals surface area contributed by atoms with Crippen LogP contribution in [-0.2, 0) is 22.4 Å². The van der Waals surface area contributed by atoms with E-state index in [1.807, 2.05) is 24.0 Å². The van der Waals surface area contributed by atoms with Crippen molar-refractivity contribution in [1.82, 2.24) is 15.1 Å². The monoisotopic (exact) mass is 411 g/mol. The van der Waals surface area contributed by atoms with E-state index in [4.69, 9.17) is 0 Å². The summed E-state index contributed by atoms with van der Waals surface area (Å²) in [5, 5.41) is 3.02. The molecule has 0 radical (unpaired) electrons. The fraction of sp³-hybridized carbons (Fsp3) is 0.625. The van der Waals surface area contributed by atoms with E-state index in [-0.39, 0.29) is 29.8 Å². The third-order valence-corrected chi connectivity index (χ3v) is 7.24. The SMILES string of the molecule is CC(C)CCC(=O)N1CCC(C2(C)NC(=O)N(C3Cc4ccccc4C3)C2=O)CC1. The fourth-order valence-corrected chi connectivity index (χ4v) is 5.28. The van der Waals surface area contributed by atoms with Crippen LogP contribution in [0.2, 0.25) is 0 Å². The molecule has 1 aromatic carbocycles. The van der Waals surface area contributed by atoms with E-state index in [2.05, 4.69) is 31.3 Å². The number of nitrogens with zero attached hydrogens (tertiary/aromatic N) is 2. The lowest BCUT2D eigenvalue weighted by atomic mass is 9.78. The molecule has 1 aromatic rings. The number of rotatable bonds is 5. The number of amides is 4. The summed E-state index contributed by atoms with van der Waals surface area (Å²) >= 11 is 0. The molecule has 30 heavy (non-hydrogen) atoms. The molecule has 0 saturated carbocycles. The molecule has 0 aromatic heterocycles. The summed E-state index contributed by atoms with van der Waals surface area (Å²) in [6.07, 6.45) is 4.45. The van der Waals surface area contributed by atoms with Crippen LogP contribution in [-0.4, -0.2) is 52.3 Å². The summed E-state index contributed by atoms with van der Waals surface area (Å²) in [4.78, 5) is 42.1. The molecule has 0 spiro atoms. The minimum Gasteiger partial charge on any atom is -0.343 e. The number of hydrogen-bond donors (Lipinski definition) is 1. The molecular weight excluding hydrogens is 378 g/mol. The first-order valence-corrected chi connectivity index (χ1v) is 11.3. The van der Waals surface area contributed by atoms with Crippen LogP contribution in [0.1, 0.15) is 57.6 Å². The van der Waals surface area contributed by atoms with Gasteiger partial charge >= 0.3 is 6.03 Å². The van der Waals surface area contributed by atoms with Crippen LogP contribution in [0.25, 0.3) is 0 Å². The van der Waals surface area contributed by atoms with Crippen molar-refractivity contribution in [3.8, 4) is 0 Å². The lowest BCUT2D eigenvalue weighted by Crippen LogP contribution is -2.55. The molecule has 6 nitrogen and oxygen atoms in total. The lowest BCUT2D eigenvalue weighted by molar-refractivity contribution is -0.136. The zero-order chi connectivity index (χ0) is 21.5. The first-order valence-electron chi connectivity index (χ1n) is 11.3. The molecular formula is C24H33N3O3. The zero-order valence-corrected chi connectivity index (χ0v) is 18.3. The second-order valence-corrected chi connectivity index (χ2v) is 9.73. The second-order valence-electron chi connectivity index (χ2n) is 9.73. The van der Waals surface area contributed by atoms with Gasteiger partial charge in [0.15, 0.2) is 0 Å². The zero-order valence-electron chi connectivity index (χ0n) is 18.3. The fourth-order valence-electron chi connectivity index (χ4n) is 5.28. The van der Waals surface area contributed by atoms with Crippen molar-refractivity contribution in [2.75, 3.05) is 13.1 Å². The van der Waals surface area contributed by atoms with Gasteiger partial charge in [-0.25, -0.2) is 4.79 Å². The van der Waals surface area contributed by atoms with Crippen molar-refractivity contribution >= 4 is 17.8 Å². The molecule has 3 aliphatic rings. The van der Waals surface area contributed by atoms with Gasteiger partial charge in [0.05, 0.1) is 0 Å². The minimum absolute atomic E-state index is 0.0527. The van der Waals surface area contributed by atoms with Gasteiger partial charge in [-0.3, -0.25) is 14.5 Å². The molecule has 1 atom stereocenters. The summed E-state index contributed by atoms with van der Waals surface area (Å²) in [6, 6.07) is 7.81. The normalized spacial score (nSPS) is 25.2. The van der Waals surface area contributed by atoms with E-state index < -0.39 is 5.54 Å². The molecule has 6 heteroatoms. The molecule has 2 heterocycles. The summed E-state index contributed by atoms with van der Waals surface area (Å²) in [5.74, 6) is 0.677. The van der Waals surface area contributed by atoms with E-state index in [9.17, 15) is 14.4 Å². The topological polar surface area (TPSA) is 69.7 Å². The average molecular weight is 412 g/mol. The minimum atomic E-state index is -0.876. The Hall–Kier alpha value is -2.37. The van der Waals surface area contributed by atoms with Gasteiger partial charge in [-0.1, -0.05) is 38.1 Å². The Kier molecular flexibility index (Phi) is 5.60. The number of nitrogens with one attached hydrogen (secondary N) is 1. The summed E-state index contributed by atoms with van der Waals surface area (Å²) in [5.41, 5.74) is 1.58. The Balaban J connectivity index is 1.39. The first kappa shape index (κ1) is 20.9.